The highest BCUT2D eigenvalue weighted by Crippen LogP contribution is 2.38. The van der Waals surface area contributed by atoms with Gasteiger partial charge in [-0.1, -0.05) is 61.0 Å². The Morgan fingerprint density at radius 1 is 1.06 bits per heavy atom. The second-order valence-electron chi connectivity index (χ2n) is 7.57. The van der Waals surface area contributed by atoms with Gasteiger partial charge in [0.05, 0.1) is 16.7 Å². The average Bonchev–Trinajstić information content (AvgIpc) is 3.25. The Hall–Kier alpha value is -3.50. The first-order chi connectivity index (χ1) is 15.5. The summed E-state index contributed by atoms with van der Waals surface area (Å²) in [5.74, 6) is -0.362. The number of carbonyl (C=O) groups excluding carboxylic acids is 1. The van der Waals surface area contributed by atoms with Crippen molar-refractivity contribution in [2.24, 2.45) is 0 Å². The standard InChI is InChI=1S/C27H22ClFN2O/c1-3-23(24-12-11-22(29)15-25(24)28)27(20-10-13-26-21(14-20)16-30-31-26)19-8-6-18(7-9-19)5-4-17(2)32/h4-16H,3H2,1-2H3,(H,30,31)/b5-4+,27-23+. The van der Waals surface area contributed by atoms with Gasteiger partial charge >= 0.3 is 0 Å². The van der Waals surface area contributed by atoms with Gasteiger partial charge in [-0.2, -0.15) is 5.10 Å². The fourth-order valence-electron chi connectivity index (χ4n) is 3.82. The Balaban J connectivity index is 1.93. The number of nitrogens with zero attached hydrogens (tertiary/aromatic N) is 1. The van der Waals surface area contributed by atoms with Gasteiger partial charge < -0.3 is 0 Å². The van der Waals surface area contributed by atoms with Crippen molar-refractivity contribution < 1.29 is 9.18 Å². The van der Waals surface area contributed by atoms with Gasteiger partial charge in [0.25, 0.3) is 0 Å². The van der Waals surface area contributed by atoms with Crippen LogP contribution in [0.1, 0.15) is 42.5 Å². The first-order valence-electron chi connectivity index (χ1n) is 10.4. The zero-order valence-electron chi connectivity index (χ0n) is 17.8. The van der Waals surface area contributed by atoms with E-state index in [1.165, 1.54) is 19.1 Å². The molecule has 0 radical (unpaired) electrons. The topological polar surface area (TPSA) is 45.8 Å². The minimum absolute atomic E-state index is 0.00213. The Kier molecular flexibility index (Phi) is 6.33. The summed E-state index contributed by atoms with van der Waals surface area (Å²) in [4.78, 5) is 11.3. The summed E-state index contributed by atoms with van der Waals surface area (Å²) in [5, 5.41) is 8.49. The molecule has 1 N–H and O–H groups in total. The molecule has 4 aromatic rings. The third-order valence-corrected chi connectivity index (χ3v) is 5.66. The second-order valence-corrected chi connectivity index (χ2v) is 7.98. The molecule has 160 valence electrons. The number of carbonyl (C=O) groups is 1. The van der Waals surface area contributed by atoms with Gasteiger partial charge in [-0.15, -0.1) is 0 Å². The van der Waals surface area contributed by atoms with Gasteiger partial charge in [0.2, 0.25) is 0 Å². The summed E-state index contributed by atoms with van der Waals surface area (Å²) in [6.07, 6.45) is 5.84. The monoisotopic (exact) mass is 444 g/mol. The van der Waals surface area contributed by atoms with E-state index in [9.17, 15) is 9.18 Å². The third kappa shape index (κ3) is 4.56. The Morgan fingerprint density at radius 2 is 1.81 bits per heavy atom. The van der Waals surface area contributed by atoms with Gasteiger partial charge in [-0.05, 0) is 77.1 Å². The molecule has 0 spiro atoms. The Labute approximate surface area is 191 Å². The predicted molar refractivity (Wildman–Crippen MR) is 130 cm³/mol. The molecule has 32 heavy (non-hydrogen) atoms. The molecule has 0 bridgehead atoms. The zero-order valence-corrected chi connectivity index (χ0v) is 18.6. The van der Waals surface area contributed by atoms with E-state index in [0.717, 1.165) is 44.3 Å². The van der Waals surface area contributed by atoms with Crippen molar-refractivity contribution in [1.82, 2.24) is 10.2 Å². The van der Waals surface area contributed by atoms with Gasteiger partial charge in [-0.3, -0.25) is 9.89 Å². The fraction of sp³-hybridized carbons (Fsp3) is 0.111. The van der Waals surface area contributed by atoms with Crippen LogP contribution in [0, 0.1) is 5.82 Å². The molecular weight excluding hydrogens is 423 g/mol. The summed E-state index contributed by atoms with van der Waals surface area (Å²) >= 11 is 6.47. The molecule has 1 aromatic heterocycles. The van der Waals surface area contributed by atoms with Gasteiger partial charge in [-0.25, -0.2) is 4.39 Å². The lowest BCUT2D eigenvalue weighted by molar-refractivity contribution is -0.112. The van der Waals surface area contributed by atoms with Crippen molar-refractivity contribution in [2.75, 3.05) is 0 Å². The van der Waals surface area contributed by atoms with Crippen LogP contribution in [0.15, 0.2) is 72.9 Å². The van der Waals surface area contributed by atoms with Gasteiger partial charge in [0, 0.05) is 5.39 Å². The normalized spacial score (nSPS) is 12.4. The second kappa shape index (κ2) is 9.33. The van der Waals surface area contributed by atoms with E-state index >= 15 is 0 Å². The number of rotatable bonds is 6. The van der Waals surface area contributed by atoms with E-state index in [1.54, 1.807) is 24.4 Å². The molecule has 0 unspecified atom stereocenters. The highest BCUT2D eigenvalue weighted by atomic mass is 35.5. The van der Waals surface area contributed by atoms with Crippen molar-refractivity contribution in [3.8, 4) is 0 Å². The number of ketones is 1. The first kappa shape index (κ1) is 21.7. The molecule has 0 atom stereocenters. The molecule has 5 heteroatoms. The average molecular weight is 445 g/mol. The number of nitrogens with one attached hydrogen (secondary N) is 1. The van der Waals surface area contributed by atoms with Crippen LogP contribution >= 0.6 is 11.6 Å². The largest absolute Gasteiger partial charge is 0.295 e. The van der Waals surface area contributed by atoms with E-state index in [1.807, 2.05) is 36.4 Å². The molecule has 3 nitrogen and oxygen atoms in total. The van der Waals surface area contributed by atoms with Crippen molar-refractivity contribution in [3.63, 3.8) is 0 Å². The summed E-state index contributed by atoms with van der Waals surface area (Å²) in [6, 6.07) is 18.7. The predicted octanol–water partition coefficient (Wildman–Crippen LogP) is 7.33. The quantitative estimate of drug-likeness (QED) is 0.250. The summed E-state index contributed by atoms with van der Waals surface area (Å²) in [7, 11) is 0. The lowest BCUT2D eigenvalue weighted by Crippen LogP contribution is -1.96. The van der Waals surface area contributed by atoms with Crippen molar-refractivity contribution in [2.45, 2.75) is 20.3 Å². The molecule has 4 rings (SSSR count). The molecule has 0 saturated carbocycles. The lowest BCUT2D eigenvalue weighted by atomic mass is 9.87. The molecule has 0 aliphatic carbocycles. The fourth-order valence-corrected chi connectivity index (χ4v) is 4.11. The number of hydrogen-bond acceptors (Lipinski definition) is 2. The number of allylic oxidation sites excluding steroid dienone is 2. The molecule has 0 aliphatic rings. The van der Waals surface area contributed by atoms with E-state index in [2.05, 4.69) is 23.2 Å². The van der Waals surface area contributed by atoms with Crippen LogP contribution in [0.3, 0.4) is 0 Å². The summed E-state index contributed by atoms with van der Waals surface area (Å²) < 4.78 is 13.7. The highest BCUT2D eigenvalue weighted by molar-refractivity contribution is 6.32. The van der Waals surface area contributed by atoms with Crippen LogP contribution < -0.4 is 0 Å². The lowest BCUT2D eigenvalue weighted by Gasteiger charge is -2.18. The van der Waals surface area contributed by atoms with Crippen LogP contribution in [0.5, 0.6) is 0 Å². The molecule has 0 saturated heterocycles. The van der Waals surface area contributed by atoms with Crippen molar-refractivity contribution in [1.29, 1.82) is 0 Å². The SMILES string of the molecule is CC/C(=C(/c1ccc(/C=C/C(C)=O)cc1)c1ccc2[nH]ncc2c1)c1ccc(F)cc1Cl. The highest BCUT2D eigenvalue weighted by Gasteiger charge is 2.16. The van der Waals surface area contributed by atoms with Gasteiger partial charge in [0.15, 0.2) is 5.78 Å². The number of hydrogen-bond donors (Lipinski definition) is 1. The number of H-pyrrole nitrogens is 1. The maximum Gasteiger partial charge on any atom is 0.152 e. The van der Waals surface area contributed by atoms with E-state index < -0.39 is 0 Å². The molecule has 0 fully saturated rings. The van der Waals surface area contributed by atoms with Gasteiger partial charge in [0.1, 0.15) is 5.82 Å². The van der Waals surface area contributed by atoms with Crippen molar-refractivity contribution >= 4 is 45.5 Å². The minimum atomic E-state index is -0.364. The summed E-state index contributed by atoms with van der Waals surface area (Å²) in [6.45, 7) is 3.59. The van der Waals surface area contributed by atoms with Crippen LogP contribution in [-0.4, -0.2) is 16.0 Å². The molecule has 1 heterocycles. The number of aromatic amines is 1. The molecule has 0 amide bonds. The Morgan fingerprint density at radius 3 is 2.50 bits per heavy atom. The smallest absolute Gasteiger partial charge is 0.152 e. The molecular formula is C27H22ClFN2O. The molecule has 3 aromatic carbocycles. The van der Waals surface area contributed by atoms with E-state index in [4.69, 9.17) is 11.6 Å². The molecule has 0 aliphatic heterocycles. The maximum absolute atomic E-state index is 13.7. The summed E-state index contributed by atoms with van der Waals surface area (Å²) in [5.41, 5.74) is 6.75. The zero-order chi connectivity index (χ0) is 22.7. The number of aromatic nitrogens is 2. The number of halogens is 2. The minimum Gasteiger partial charge on any atom is -0.295 e. The maximum atomic E-state index is 13.7. The first-order valence-corrected chi connectivity index (χ1v) is 10.7. The van der Waals surface area contributed by atoms with Crippen LogP contribution in [-0.2, 0) is 4.79 Å². The number of fused-ring (bicyclic) bond motifs is 1. The van der Waals surface area contributed by atoms with E-state index in [-0.39, 0.29) is 11.6 Å². The Bertz CT molecular complexity index is 1350. The van der Waals surface area contributed by atoms with Crippen molar-refractivity contribution in [3.05, 3.63) is 106 Å². The van der Waals surface area contributed by atoms with E-state index in [0.29, 0.717) is 11.4 Å². The van der Waals surface area contributed by atoms with Crippen LogP contribution in [0.25, 0.3) is 28.1 Å². The number of benzene rings is 3. The van der Waals surface area contributed by atoms with Crippen LogP contribution in [0.2, 0.25) is 5.02 Å². The van der Waals surface area contributed by atoms with Crippen LogP contribution in [0.4, 0.5) is 4.39 Å². The third-order valence-electron chi connectivity index (χ3n) is 5.35.